The Bertz CT molecular complexity index is 1150. The number of hydrogen-bond donors (Lipinski definition) is 1. The first kappa shape index (κ1) is 24.5. The molecule has 0 unspecified atom stereocenters. The quantitative estimate of drug-likeness (QED) is 0.275. The fourth-order valence-electron chi connectivity index (χ4n) is 3.72. The van der Waals surface area contributed by atoms with Gasteiger partial charge in [-0.05, 0) is 19.9 Å². The first-order chi connectivity index (χ1) is 15.0. The van der Waals surface area contributed by atoms with Gasteiger partial charge in [-0.1, -0.05) is 23.4 Å². The highest BCUT2D eigenvalue weighted by molar-refractivity contribution is 14.0. The molecule has 1 aromatic carbocycles. The second-order valence-corrected chi connectivity index (χ2v) is 9.42. The van der Waals surface area contributed by atoms with E-state index in [2.05, 4.69) is 15.4 Å². The molecule has 1 aliphatic rings. The van der Waals surface area contributed by atoms with Crippen molar-refractivity contribution < 1.29 is 17.4 Å². The second-order valence-electron chi connectivity index (χ2n) is 7.45. The Balaban J connectivity index is 0.00000289. The maximum absolute atomic E-state index is 12.7. The van der Waals surface area contributed by atoms with Crippen molar-refractivity contribution >= 4 is 50.9 Å². The number of benzene rings is 1. The normalized spacial score (nSPS) is 15.7. The van der Waals surface area contributed by atoms with E-state index in [4.69, 9.17) is 13.9 Å². The predicted molar refractivity (Wildman–Crippen MR) is 133 cm³/mol. The van der Waals surface area contributed by atoms with Crippen LogP contribution in [-0.4, -0.2) is 61.5 Å². The number of para-hydroxylation sites is 1. The van der Waals surface area contributed by atoms with Crippen molar-refractivity contribution in [1.82, 2.24) is 19.7 Å². The lowest BCUT2D eigenvalue weighted by atomic mass is 10.1. The van der Waals surface area contributed by atoms with Crippen LogP contribution in [0.4, 0.5) is 0 Å². The van der Waals surface area contributed by atoms with Gasteiger partial charge >= 0.3 is 0 Å². The van der Waals surface area contributed by atoms with Gasteiger partial charge in [0.15, 0.2) is 5.96 Å². The number of nitrogens with zero attached hydrogens (tertiary/aromatic N) is 4. The van der Waals surface area contributed by atoms with Gasteiger partial charge in [-0.3, -0.25) is 0 Å². The number of halogens is 1. The minimum Gasteiger partial charge on any atom is -0.459 e. The number of furan rings is 1. The summed E-state index contributed by atoms with van der Waals surface area (Å²) in [5, 5.41) is 8.12. The zero-order chi connectivity index (χ0) is 21.8. The number of nitrogens with one attached hydrogen (secondary N) is 1. The van der Waals surface area contributed by atoms with E-state index in [1.165, 1.54) is 10.6 Å². The van der Waals surface area contributed by atoms with Crippen molar-refractivity contribution in [3.8, 4) is 0 Å². The first-order valence-corrected chi connectivity index (χ1v) is 12.0. The molecular weight excluding hydrogens is 545 g/mol. The molecule has 1 saturated heterocycles. The van der Waals surface area contributed by atoms with Crippen LogP contribution in [0.1, 0.15) is 23.9 Å². The van der Waals surface area contributed by atoms with E-state index in [1.807, 2.05) is 38.1 Å². The molecule has 0 radical (unpaired) electrons. The van der Waals surface area contributed by atoms with Crippen LogP contribution in [0.25, 0.3) is 11.0 Å². The summed E-state index contributed by atoms with van der Waals surface area (Å²) in [4.78, 5) is 6.85. The molecule has 174 valence electrons. The minimum absolute atomic E-state index is 0. The van der Waals surface area contributed by atoms with E-state index in [0.29, 0.717) is 38.4 Å². The zero-order valence-corrected chi connectivity index (χ0v) is 21.3. The van der Waals surface area contributed by atoms with E-state index in [-0.39, 0.29) is 29.7 Å². The van der Waals surface area contributed by atoms with Gasteiger partial charge in [0.25, 0.3) is 0 Å². The van der Waals surface area contributed by atoms with Gasteiger partial charge in [-0.25, -0.2) is 13.4 Å². The molecule has 9 nitrogen and oxygen atoms in total. The van der Waals surface area contributed by atoms with Crippen molar-refractivity contribution in [3.63, 3.8) is 0 Å². The summed E-state index contributed by atoms with van der Waals surface area (Å²) in [7, 11) is -3.43. The van der Waals surface area contributed by atoms with Crippen molar-refractivity contribution in [2.75, 3.05) is 32.7 Å². The van der Waals surface area contributed by atoms with E-state index in [0.717, 1.165) is 34.8 Å². The van der Waals surface area contributed by atoms with Gasteiger partial charge in [-0.15, -0.1) is 24.0 Å². The summed E-state index contributed by atoms with van der Waals surface area (Å²) in [5.41, 5.74) is 2.37. The van der Waals surface area contributed by atoms with Crippen LogP contribution in [0, 0.1) is 6.92 Å². The second kappa shape index (κ2) is 10.7. The molecule has 32 heavy (non-hydrogen) atoms. The van der Waals surface area contributed by atoms with Gasteiger partial charge in [0.2, 0.25) is 10.0 Å². The summed E-state index contributed by atoms with van der Waals surface area (Å²) in [6, 6.07) is 9.53. The molecule has 0 atom stereocenters. The average Bonchev–Trinajstić information content (AvgIpc) is 3.39. The Hall–Kier alpha value is -2.12. The highest BCUT2D eigenvalue weighted by Gasteiger charge is 2.29. The molecule has 11 heteroatoms. The highest BCUT2D eigenvalue weighted by Crippen LogP contribution is 2.25. The third-order valence-electron chi connectivity index (χ3n) is 5.40. The van der Waals surface area contributed by atoms with E-state index < -0.39 is 10.0 Å². The Kier molecular flexibility index (Phi) is 8.17. The smallest absolute Gasteiger partial charge is 0.220 e. The van der Waals surface area contributed by atoms with Gasteiger partial charge in [0, 0.05) is 49.7 Å². The van der Waals surface area contributed by atoms with Crippen LogP contribution in [0.15, 0.2) is 50.5 Å². The molecule has 0 amide bonds. The molecule has 4 rings (SSSR count). The number of piperazine rings is 1. The summed E-state index contributed by atoms with van der Waals surface area (Å²) in [6.07, 6.45) is 1.38. The van der Waals surface area contributed by atoms with Crippen LogP contribution in [0.3, 0.4) is 0 Å². The van der Waals surface area contributed by atoms with Crippen LogP contribution in [0.5, 0.6) is 0 Å². The van der Waals surface area contributed by atoms with Gasteiger partial charge < -0.3 is 19.2 Å². The number of sulfonamides is 1. The lowest BCUT2D eigenvalue weighted by Gasteiger charge is -2.35. The molecule has 1 N–H and O–H groups in total. The lowest BCUT2D eigenvalue weighted by molar-refractivity contribution is 0.259. The molecule has 0 bridgehead atoms. The average molecular weight is 573 g/mol. The van der Waals surface area contributed by atoms with Crippen molar-refractivity contribution in [2.45, 2.75) is 26.1 Å². The van der Waals surface area contributed by atoms with Crippen molar-refractivity contribution in [2.24, 2.45) is 4.99 Å². The Morgan fingerprint density at radius 1 is 1.19 bits per heavy atom. The summed E-state index contributed by atoms with van der Waals surface area (Å²) >= 11 is 0. The number of hydrogen-bond acceptors (Lipinski definition) is 6. The molecule has 0 aliphatic carbocycles. The summed E-state index contributed by atoms with van der Waals surface area (Å²) in [6.45, 7) is 7.12. The van der Waals surface area contributed by atoms with E-state index in [1.54, 1.807) is 6.07 Å². The molecule has 3 heterocycles. The number of guanidine groups is 1. The van der Waals surface area contributed by atoms with Gasteiger partial charge in [-0.2, -0.15) is 4.31 Å². The first-order valence-electron chi connectivity index (χ1n) is 10.4. The molecule has 0 spiro atoms. The molecule has 1 aliphatic heterocycles. The van der Waals surface area contributed by atoms with Crippen molar-refractivity contribution in [1.29, 1.82) is 0 Å². The molecule has 3 aromatic rings. The maximum Gasteiger partial charge on any atom is 0.220 e. The van der Waals surface area contributed by atoms with Gasteiger partial charge in [0.05, 0.1) is 5.69 Å². The standard InChI is InChI=1S/C21H27N5O4S.HI/c1-3-22-21(23-14-20-16(2)18-6-4-5-7-19(18)30-20)25-9-11-26(12-10-25)31(27,28)15-17-8-13-29-24-17;/h4-8,13H,3,9-12,14-15H2,1-2H3,(H,22,23);1H. The topological polar surface area (TPSA) is 104 Å². The van der Waals surface area contributed by atoms with Gasteiger partial charge in [0.1, 0.15) is 29.9 Å². The SMILES string of the molecule is CCNC(=NCc1oc2ccccc2c1C)N1CCN(S(=O)(=O)Cc2ccon2)CC1.I. The number of aryl methyl sites for hydroxylation is 1. The fraction of sp³-hybridized carbons (Fsp3) is 0.429. The summed E-state index contributed by atoms with van der Waals surface area (Å²) in [5.74, 6) is 1.45. The number of rotatable bonds is 6. The largest absolute Gasteiger partial charge is 0.459 e. The Labute approximate surface area is 204 Å². The molecule has 1 fully saturated rings. The zero-order valence-electron chi connectivity index (χ0n) is 18.2. The Morgan fingerprint density at radius 3 is 2.59 bits per heavy atom. The maximum atomic E-state index is 12.7. The summed E-state index contributed by atoms with van der Waals surface area (Å²) < 4.78 is 37.5. The monoisotopic (exact) mass is 573 g/mol. The number of aliphatic imine (C=N–C) groups is 1. The molecule has 2 aromatic heterocycles. The molecular formula is C21H28IN5O4S. The fourth-order valence-corrected chi connectivity index (χ4v) is 5.14. The van der Waals surface area contributed by atoms with Crippen LogP contribution in [-0.2, 0) is 22.3 Å². The van der Waals surface area contributed by atoms with E-state index >= 15 is 0 Å². The number of aromatic nitrogens is 1. The van der Waals surface area contributed by atoms with Crippen LogP contribution >= 0.6 is 24.0 Å². The Morgan fingerprint density at radius 2 is 1.94 bits per heavy atom. The lowest BCUT2D eigenvalue weighted by Crippen LogP contribution is -2.53. The third kappa shape index (κ3) is 5.44. The van der Waals surface area contributed by atoms with E-state index in [9.17, 15) is 8.42 Å². The minimum atomic E-state index is -3.43. The highest BCUT2D eigenvalue weighted by atomic mass is 127. The predicted octanol–water partition coefficient (Wildman–Crippen LogP) is 2.96. The van der Waals surface area contributed by atoms with Crippen LogP contribution < -0.4 is 5.32 Å². The third-order valence-corrected chi connectivity index (χ3v) is 7.22. The van der Waals surface area contributed by atoms with Crippen molar-refractivity contribution in [3.05, 3.63) is 53.6 Å². The number of fused-ring (bicyclic) bond motifs is 1. The molecule has 0 saturated carbocycles. The van der Waals surface area contributed by atoms with Crippen LogP contribution in [0.2, 0.25) is 0 Å².